The minimum absolute atomic E-state index is 0.0890. The van der Waals surface area contributed by atoms with E-state index in [-0.39, 0.29) is 11.9 Å². The highest BCUT2D eigenvalue weighted by Gasteiger charge is 2.33. The van der Waals surface area contributed by atoms with E-state index in [1.165, 1.54) is 11.3 Å². The SMILES string of the molecule is CCOCCN1CCC=C(C2c3cccn3CCN2C(C)=O)C1. The fraction of sp³-hybridized carbons (Fsp3) is 0.611. The number of hydrogen-bond acceptors (Lipinski definition) is 3. The standard InChI is InChI=1S/C18H27N3O2/c1-3-23-13-12-19-8-4-6-16(14-19)18-17-7-5-9-20(17)10-11-21(18)15(2)22/h5-7,9,18H,3-4,8,10-14H2,1-2H3. The van der Waals surface area contributed by atoms with E-state index in [9.17, 15) is 4.79 Å². The van der Waals surface area contributed by atoms with E-state index in [1.807, 2.05) is 11.8 Å². The molecule has 0 bridgehead atoms. The number of ether oxygens (including phenoxy) is 1. The number of fused-ring (bicyclic) bond motifs is 1. The summed E-state index contributed by atoms with van der Waals surface area (Å²) in [6.07, 6.45) is 5.50. The van der Waals surface area contributed by atoms with Crippen molar-refractivity contribution in [1.29, 1.82) is 0 Å². The molecule has 0 aliphatic carbocycles. The number of nitrogens with zero attached hydrogens (tertiary/aromatic N) is 3. The van der Waals surface area contributed by atoms with E-state index >= 15 is 0 Å². The van der Waals surface area contributed by atoms with Gasteiger partial charge in [-0.25, -0.2) is 0 Å². The Bertz CT molecular complexity index is 579. The van der Waals surface area contributed by atoms with Crippen LogP contribution in [0.5, 0.6) is 0 Å². The van der Waals surface area contributed by atoms with Crippen LogP contribution in [0.4, 0.5) is 0 Å². The molecule has 3 heterocycles. The van der Waals surface area contributed by atoms with Crippen LogP contribution in [0.3, 0.4) is 0 Å². The van der Waals surface area contributed by atoms with Crippen LogP contribution in [-0.4, -0.2) is 59.7 Å². The Kier molecular flexibility index (Phi) is 5.18. The number of amides is 1. The van der Waals surface area contributed by atoms with Crippen molar-refractivity contribution in [2.24, 2.45) is 0 Å². The third kappa shape index (κ3) is 3.51. The van der Waals surface area contributed by atoms with Gasteiger partial charge in [-0.3, -0.25) is 9.69 Å². The Morgan fingerprint density at radius 2 is 2.22 bits per heavy atom. The molecular formula is C18H27N3O2. The molecule has 1 amide bonds. The van der Waals surface area contributed by atoms with Gasteiger partial charge in [-0.15, -0.1) is 0 Å². The average Bonchev–Trinajstić information content (AvgIpc) is 3.03. The molecule has 1 atom stereocenters. The highest BCUT2D eigenvalue weighted by atomic mass is 16.5. The minimum Gasteiger partial charge on any atom is -0.380 e. The summed E-state index contributed by atoms with van der Waals surface area (Å²) in [5, 5.41) is 0. The van der Waals surface area contributed by atoms with Crippen molar-refractivity contribution in [3.8, 4) is 0 Å². The van der Waals surface area contributed by atoms with Gasteiger partial charge in [0.1, 0.15) is 0 Å². The van der Waals surface area contributed by atoms with Crippen LogP contribution in [-0.2, 0) is 16.1 Å². The fourth-order valence-electron chi connectivity index (χ4n) is 3.67. The largest absolute Gasteiger partial charge is 0.380 e. The minimum atomic E-state index is 0.0890. The van der Waals surface area contributed by atoms with E-state index in [2.05, 4.69) is 33.9 Å². The van der Waals surface area contributed by atoms with Crippen molar-refractivity contribution < 1.29 is 9.53 Å². The van der Waals surface area contributed by atoms with Crippen LogP contribution in [0.2, 0.25) is 0 Å². The Hall–Kier alpha value is -1.59. The molecule has 1 unspecified atom stereocenters. The summed E-state index contributed by atoms with van der Waals surface area (Å²) < 4.78 is 7.77. The quantitative estimate of drug-likeness (QED) is 0.616. The first-order valence-electron chi connectivity index (χ1n) is 8.62. The highest BCUT2D eigenvalue weighted by molar-refractivity contribution is 5.74. The topological polar surface area (TPSA) is 37.7 Å². The number of carbonyl (C=O) groups excluding carboxylic acids is 1. The first kappa shape index (κ1) is 16.3. The molecule has 0 spiro atoms. The first-order chi connectivity index (χ1) is 11.2. The van der Waals surface area contributed by atoms with Crippen molar-refractivity contribution in [1.82, 2.24) is 14.4 Å². The van der Waals surface area contributed by atoms with E-state index in [1.54, 1.807) is 6.92 Å². The number of carbonyl (C=O) groups is 1. The third-order valence-corrected chi connectivity index (χ3v) is 4.81. The van der Waals surface area contributed by atoms with Crippen molar-refractivity contribution >= 4 is 5.91 Å². The van der Waals surface area contributed by atoms with Crippen LogP contribution in [0.15, 0.2) is 30.0 Å². The van der Waals surface area contributed by atoms with Crippen molar-refractivity contribution in [3.63, 3.8) is 0 Å². The lowest BCUT2D eigenvalue weighted by Gasteiger charge is -2.40. The molecule has 2 aliphatic heterocycles. The van der Waals surface area contributed by atoms with Crippen LogP contribution in [0.25, 0.3) is 0 Å². The Morgan fingerprint density at radius 1 is 1.35 bits per heavy atom. The molecule has 0 radical (unpaired) electrons. The predicted molar refractivity (Wildman–Crippen MR) is 90.2 cm³/mol. The zero-order valence-corrected chi connectivity index (χ0v) is 14.2. The van der Waals surface area contributed by atoms with Gasteiger partial charge >= 0.3 is 0 Å². The maximum Gasteiger partial charge on any atom is 0.220 e. The lowest BCUT2D eigenvalue weighted by Crippen LogP contribution is -2.44. The van der Waals surface area contributed by atoms with Gasteiger partial charge in [0.15, 0.2) is 0 Å². The maximum atomic E-state index is 12.1. The number of aromatic nitrogens is 1. The molecule has 0 saturated carbocycles. The molecule has 5 nitrogen and oxygen atoms in total. The van der Waals surface area contributed by atoms with Gasteiger partial charge in [-0.1, -0.05) is 6.08 Å². The zero-order valence-electron chi connectivity index (χ0n) is 14.2. The monoisotopic (exact) mass is 317 g/mol. The molecule has 126 valence electrons. The summed E-state index contributed by atoms with van der Waals surface area (Å²) in [5.74, 6) is 0.162. The fourth-order valence-corrected chi connectivity index (χ4v) is 3.67. The molecular weight excluding hydrogens is 290 g/mol. The second kappa shape index (κ2) is 7.32. The van der Waals surface area contributed by atoms with Gasteiger partial charge in [0.05, 0.1) is 12.6 Å². The van der Waals surface area contributed by atoms with Gasteiger partial charge in [-0.2, -0.15) is 0 Å². The molecule has 1 aromatic rings. The van der Waals surface area contributed by atoms with Gasteiger partial charge in [0, 0.05) is 58.1 Å². The summed E-state index contributed by atoms with van der Waals surface area (Å²) >= 11 is 0. The van der Waals surface area contributed by atoms with Gasteiger partial charge < -0.3 is 14.2 Å². The average molecular weight is 317 g/mol. The smallest absolute Gasteiger partial charge is 0.220 e. The van der Waals surface area contributed by atoms with Crippen LogP contribution in [0.1, 0.15) is 32.0 Å². The Morgan fingerprint density at radius 3 is 3.00 bits per heavy atom. The lowest BCUT2D eigenvalue weighted by molar-refractivity contribution is -0.131. The van der Waals surface area contributed by atoms with E-state index in [4.69, 9.17) is 4.74 Å². The van der Waals surface area contributed by atoms with Crippen LogP contribution in [0, 0.1) is 0 Å². The van der Waals surface area contributed by atoms with Crippen molar-refractivity contribution in [3.05, 3.63) is 35.7 Å². The predicted octanol–water partition coefficient (Wildman–Crippen LogP) is 2.06. The van der Waals surface area contributed by atoms with Gasteiger partial charge in [0.25, 0.3) is 0 Å². The summed E-state index contributed by atoms with van der Waals surface area (Å²) in [4.78, 5) is 16.6. The highest BCUT2D eigenvalue weighted by Crippen LogP contribution is 2.34. The Labute approximate surface area is 138 Å². The van der Waals surface area contributed by atoms with E-state index in [0.717, 1.165) is 52.4 Å². The van der Waals surface area contributed by atoms with E-state index in [0.29, 0.717) is 0 Å². The molecule has 1 aromatic heterocycles. The second-order valence-electron chi connectivity index (χ2n) is 6.28. The lowest BCUT2D eigenvalue weighted by atomic mass is 9.96. The molecule has 2 aliphatic rings. The van der Waals surface area contributed by atoms with Crippen molar-refractivity contribution in [2.75, 3.05) is 39.4 Å². The molecule has 0 aromatic carbocycles. The summed E-state index contributed by atoms with van der Waals surface area (Å²) in [7, 11) is 0. The van der Waals surface area contributed by atoms with Gasteiger partial charge in [-0.05, 0) is 31.1 Å². The summed E-state index contributed by atoms with van der Waals surface area (Å²) in [5.41, 5.74) is 2.59. The number of hydrogen-bond donors (Lipinski definition) is 0. The van der Waals surface area contributed by atoms with Crippen molar-refractivity contribution in [2.45, 2.75) is 32.9 Å². The summed E-state index contributed by atoms with van der Waals surface area (Å²) in [6, 6.07) is 4.33. The number of rotatable bonds is 5. The normalized spacial score (nSPS) is 21.9. The molecule has 0 fully saturated rings. The molecule has 0 N–H and O–H groups in total. The molecule has 0 saturated heterocycles. The second-order valence-corrected chi connectivity index (χ2v) is 6.28. The van der Waals surface area contributed by atoms with Crippen LogP contribution >= 0.6 is 0 Å². The maximum absolute atomic E-state index is 12.1. The summed E-state index contributed by atoms with van der Waals surface area (Å²) in [6.45, 7) is 9.89. The first-order valence-corrected chi connectivity index (χ1v) is 8.62. The van der Waals surface area contributed by atoms with Crippen LogP contribution < -0.4 is 0 Å². The molecule has 3 rings (SSSR count). The van der Waals surface area contributed by atoms with Gasteiger partial charge in [0.2, 0.25) is 5.91 Å². The zero-order chi connectivity index (χ0) is 16.2. The Balaban J connectivity index is 1.78. The molecule has 23 heavy (non-hydrogen) atoms. The third-order valence-electron chi connectivity index (χ3n) is 4.81. The molecule has 5 heteroatoms. The van der Waals surface area contributed by atoms with E-state index < -0.39 is 0 Å².